The number of aliphatic hydroxyl groups is 1. The Kier molecular flexibility index (Phi) is 4.58. The second-order valence-electron chi connectivity index (χ2n) is 3.36. The Hall–Kier alpha value is -0.100. The van der Waals surface area contributed by atoms with Crippen LogP contribution in [0.3, 0.4) is 0 Å². The molecule has 1 aromatic rings. The number of hydrogen-bond donors (Lipinski definition) is 3. The highest BCUT2D eigenvalue weighted by atomic mass is 79.9. The number of nitrogens with one attached hydrogen (secondary N) is 1. The Bertz CT molecular complexity index is 334. The molecular formula is C10H13Br2NO2. The molecule has 1 aromatic carbocycles. The van der Waals surface area contributed by atoms with Crippen LogP contribution in [0.15, 0.2) is 21.1 Å². The lowest BCUT2D eigenvalue weighted by Crippen LogP contribution is -2.28. The third kappa shape index (κ3) is 2.93. The standard InChI is InChI=1S/C10H13Br2NO2/c1-5(13-2)9(14)6-3-7(11)10(15)8(12)4-6/h3-5,9,13-15H,1-2H3/t5-,9-/m1/s1. The second kappa shape index (κ2) is 5.30. The van der Waals surface area contributed by atoms with Crippen molar-refractivity contribution in [3.05, 3.63) is 26.6 Å². The fourth-order valence-corrected chi connectivity index (χ4v) is 2.42. The summed E-state index contributed by atoms with van der Waals surface area (Å²) in [6, 6.07) is 3.37. The third-order valence-corrected chi connectivity index (χ3v) is 3.52. The molecule has 0 bridgehead atoms. The van der Waals surface area contributed by atoms with E-state index in [0.717, 1.165) is 5.56 Å². The molecule has 5 heteroatoms. The van der Waals surface area contributed by atoms with Crippen LogP contribution in [0.4, 0.5) is 0 Å². The molecule has 0 aliphatic carbocycles. The quantitative estimate of drug-likeness (QED) is 0.794. The number of halogens is 2. The van der Waals surface area contributed by atoms with E-state index in [9.17, 15) is 10.2 Å². The molecule has 0 amide bonds. The summed E-state index contributed by atoms with van der Waals surface area (Å²) in [5, 5.41) is 22.4. The van der Waals surface area contributed by atoms with E-state index < -0.39 is 6.10 Å². The summed E-state index contributed by atoms with van der Waals surface area (Å²) in [7, 11) is 1.79. The van der Waals surface area contributed by atoms with Gasteiger partial charge in [0, 0.05) is 6.04 Å². The number of phenolic OH excluding ortho intramolecular Hbond substituents is 1. The minimum Gasteiger partial charge on any atom is -0.506 e. The van der Waals surface area contributed by atoms with E-state index in [-0.39, 0.29) is 11.8 Å². The molecule has 0 radical (unpaired) electrons. The van der Waals surface area contributed by atoms with Gasteiger partial charge in [0.25, 0.3) is 0 Å². The summed E-state index contributed by atoms with van der Waals surface area (Å²) in [5.74, 6) is 0.142. The van der Waals surface area contributed by atoms with Crippen molar-refractivity contribution in [2.45, 2.75) is 19.1 Å². The Morgan fingerprint density at radius 1 is 1.27 bits per heavy atom. The number of aromatic hydroxyl groups is 1. The third-order valence-electron chi connectivity index (χ3n) is 2.31. The smallest absolute Gasteiger partial charge is 0.143 e. The number of phenols is 1. The van der Waals surface area contributed by atoms with Crippen molar-refractivity contribution in [3.8, 4) is 5.75 Å². The predicted octanol–water partition coefficient (Wildman–Crippen LogP) is 2.56. The van der Waals surface area contributed by atoms with Crippen molar-refractivity contribution < 1.29 is 10.2 Å². The van der Waals surface area contributed by atoms with E-state index in [1.165, 1.54) is 0 Å². The largest absolute Gasteiger partial charge is 0.506 e. The molecule has 0 aliphatic rings. The van der Waals surface area contributed by atoms with Gasteiger partial charge in [-0.2, -0.15) is 0 Å². The molecule has 0 heterocycles. The summed E-state index contributed by atoms with van der Waals surface area (Å²) >= 11 is 6.45. The van der Waals surface area contributed by atoms with Crippen LogP contribution < -0.4 is 5.32 Å². The van der Waals surface area contributed by atoms with Crippen LogP contribution in [-0.2, 0) is 0 Å². The average molecular weight is 339 g/mol. The predicted molar refractivity (Wildman–Crippen MR) is 67.0 cm³/mol. The summed E-state index contributed by atoms with van der Waals surface area (Å²) < 4.78 is 1.13. The van der Waals surface area contributed by atoms with Gasteiger partial charge >= 0.3 is 0 Å². The molecule has 15 heavy (non-hydrogen) atoms. The SMILES string of the molecule is CN[C@H](C)[C@@H](O)c1cc(Br)c(O)c(Br)c1. The molecule has 0 unspecified atom stereocenters. The van der Waals surface area contributed by atoms with Crippen molar-refractivity contribution in [2.24, 2.45) is 0 Å². The van der Waals surface area contributed by atoms with Gasteiger partial charge in [-0.05, 0) is 63.5 Å². The van der Waals surface area contributed by atoms with E-state index >= 15 is 0 Å². The Balaban J connectivity index is 3.06. The summed E-state index contributed by atoms with van der Waals surface area (Å²) in [5.41, 5.74) is 0.744. The zero-order valence-corrected chi connectivity index (χ0v) is 11.6. The Morgan fingerprint density at radius 2 is 1.73 bits per heavy atom. The summed E-state index contributed by atoms with van der Waals surface area (Å²) in [4.78, 5) is 0. The number of aliphatic hydroxyl groups excluding tert-OH is 1. The van der Waals surface area contributed by atoms with Gasteiger partial charge in [-0.25, -0.2) is 0 Å². The number of rotatable bonds is 3. The van der Waals surface area contributed by atoms with E-state index in [1.807, 2.05) is 6.92 Å². The summed E-state index contributed by atoms with van der Waals surface area (Å²) in [6.45, 7) is 1.89. The molecule has 1 rings (SSSR count). The molecule has 0 fully saturated rings. The minimum atomic E-state index is -0.608. The van der Waals surface area contributed by atoms with Crippen LogP contribution in [0.25, 0.3) is 0 Å². The van der Waals surface area contributed by atoms with E-state index in [0.29, 0.717) is 8.95 Å². The maximum absolute atomic E-state index is 9.94. The van der Waals surface area contributed by atoms with Gasteiger partial charge in [0.1, 0.15) is 5.75 Å². The zero-order chi connectivity index (χ0) is 11.6. The van der Waals surface area contributed by atoms with E-state index in [4.69, 9.17) is 0 Å². The maximum Gasteiger partial charge on any atom is 0.143 e. The van der Waals surface area contributed by atoms with Crippen LogP contribution in [-0.4, -0.2) is 23.3 Å². The summed E-state index contributed by atoms with van der Waals surface area (Å²) in [6.07, 6.45) is -0.608. The number of likely N-dealkylation sites (N-methyl/N-ethyl adjacent to an activating group) is 1. The van der Waals surface area contributed by atoms with Gasteiger partial charge in [0.15, 0.2) is 0 Å². The first kappa shape index (κ1) is 13.0. The van der Waals surface area contributed by atoms with Gasteiger partial charge in [-0.1, -0.05) is 0 Å². The first-order valence-electron chi connectivity index (χ1n) is 4.50. The van der Waals surface area contributed by atoms with Crippen molar-refractivity contribution in [3.63, 3.8) is 0 Å². The maximum atomic E-state index is 9.94. The lowest BCUT2D eigenvalue weighted by Gasteiger charge is -2.19. The van der Waals surface area contributed by atoms with Crippen LogP contribution in [0, 0.1) is 0 Å². The van der Waals surface area contributed by atoms with Crippen LogP contribution >= 0.6 is 31.9 Å². The topological polar surface area (TPSA) is 52.5 Å². The van der Waals surface area contributed by atoms with E-state index in [1.54, 1.807) is 19.2 Å². The highest BCUT2D eigenvalue weighted by molar-refractivity contribution is 9.11. The lowest BCUT2D eigenvalue weighted by molar-refractivity contribution is 0.140. The van der Waals surface area contributed by atoms with Crippen LogP contribution in [0.2, 0.25) is 0 Å². The molecule has 84 valence electrons. The van der Waals surface area contributed by atoms with Crippen molar-refractivity contribution in [2.75, 3.05) is 7.05 Å². The highest BCUT2D eigenvalue weighted by Gasteiger charge is 2.17. The minimum absolute atomic E-state index is 0.0478. The first-order valence-corrected chi connectivity index (χ1v) is 6.09. The van der Waals surface area contributed by atoms with Crippen LogP contribution in [0.1, 0.15) is 18.6 Å². The normalized spacial score (nSPS) is 15.0. The second-order valence-corrected chi connectivity index (χ2v) is 5.06. The van der Waals surface area contributed by atoms with Crippen molar-refractivity contribution in [1.82, 2.24) is 5.32 Å². The average Bonchev–Trinajstić information content (AvgIpc) is 2.23. The molecule has 0 saturated heterocycles. The molecule has 0 aliphatic heterocycles. The molecule has 3 N–H and O–H groups in total. The molecule has 3 nitrogen and oxygen atoms in total. The van der Waals surface area contributed by atoms with Crippen molar-refractivity contribution in [1.29, 1.82) is 0 Å². The van der Waals surface area contributed by atoms with E-state index in [2.05, 4.69) is 37.2 Å². The van der Waals surface area contributed by atoms with Gasteiger partial charge in [0.2, 0.25) is 0 Å². The Morgan fingerprint density at radius 3 is 2.13 bits per heavy atom. The molecule has 0 aromatic heterocycles. The number of hydrogen-bond acceptors (Lipinski definition) is 3. The molecule has 0 spiro atoms. The highest BCUT2D eigenvalue weighted by Crippen LogP contribution is 2.35. The van der Waals surface area contributed by atoms with Gasteiger partial charge in [0.05, 0.1) is 15.0 Å². The van der Waals surface area contributed by atoms with Gasteiger partial charge in [-0.15, -0.1) is 0 Å². The molecular weight excluding hydrogens is 326 g/mol. The monoisotopic (exact) mass is 337 g/mol. The first-order chi connectivity index (χ1) is 6.97. The molecule has 2 atom stereocenters. The fraction of sp³-hybridized carbons (Fsp3) is 0.400. The lowest BCUT2D eigenvalue weighted by atomic mass is 10.0. The van der Waals surface area contributed by atoms with Gasteiger partial charge in [-0.3, -0.25) is 0 Å². The zero-order valence-electron chi connectivity index (χ0n) is 8.46. The van der Waals surface area contributed by atoms with Crippen molar-refractivity contribution >= 4 is 31.9 Å². The number of benzene rings is 1. The molecule has 0 saturated carbocycles. The Labute approximate surface area is 106 Å². The van der Waals surface area contributed by atoms with Gasteiger partial charge < -0.3 is 15.5 Å². The fourth-order valence-electron chi connectivity index (χ4n) is 1.20. The van der Waals surface area contributed by atoms with Crippen LogP contribution in [0.5, 0.6) is 5.75 Å².